The van der Waals surface area contributed by atoms with Crippen LogP contribution in [0.4, 0.5) is 0 Å². The maximum atomic E-state index is 9.09. The Labute approximate surface area is 56.5 Å². The summed E-state index contributed by atoms with van der Waals surface area (Å²) in [6.07, 6.45) is -0.0765. The highest BCUT2D eigenvalue weighted by Crippen LogP contribution is 2.19. The molecule has 0 aromatic carbocycles. The smallest absolute Gasteiger partial charge is 0.0819 e. The first-order valence-corrected chi connectivity index (χ1v) is 3.56. The third kappa shape index (κ3) is 1.10. The van der Waals surface area contributed by atoms with Crippen molar-refractivity contribution < 1.29 is 5.11 Å². The minimum atomic E-state index is -0.0765. The van der Waals surface area contributed by atoms with Crippen LogP contribution in [-0.4, -0.2) is 34.7 Å². The van der Waals surface area contributed by atoms with Gasteiger partial charge in [-0.3, -0.25) is 4.90 Å². The Bertz CT molecular complexity index is 103. The number of hydrogen-bond acceptors (Lipinski definition) is 2. The maximum Gasteiger partial charge on any atom is 0.0819 e. The van der Waals surface area contributed by atoms with Gasteiger partial charge >= 0.3 is 0 Å². The largest absolute Gasteiger partial charge is 0.390 e. The molecular weight excluding hydrogens is 114 g/mol. The maximum absolute atomic E-state index is 9.09. The van der Waals surface area contributed by atoms with E-state index >= 15 is 0 Å². The number of rotatable bonds is 1. The van der Waals surface area contributed by atoms with Gasteiger partial charge in [-0.25, -0.2) is 0 Å². The van der Waals surface area contributed by atoms with Crippen molar-refractivity contribution >= 4 is 0 Å². The monoisotopic (exact) mass is 129 g/mol. The van der Waals surface area contributed by atoms with Gasteiger partial charge in [-0.2, -0.15) is 0 Å². The Morgan fingerprint density at radius 1 is 1.56 bits per heavy atom. The first-order chi connectivity index (χ1) is 4.13. The van der Waals surface area contributed by atoms with Gasteiger partial charge in [-0.05, 0) is 20.8 Å². The Morgan fingerprint density at radius 3 is 2.22 bits per heavy atom. The summed E-state index contributed by atoms with van der Waals surface area (Å²) < 4.78 is 0. The Balaban J connectivity index is 2.33. The summed E-state index contributed by atoms with van der Waals surface area (Å²) in [4.78, 5) is 2.28. The molecule has 1 fully saturated rings. The average molecular weight is 129 g/mol. The fraction of sp³-hybridized carbons (Fsp3) is 1.00. The summed E-state index contributed by atoms with van der Waals surface area (Å²) in [6.45, 7) is 7.23. The van der Waals surface area contributed by atoms with Gasteiger partial charge in [0.05, 0.1) is 6.10 Å². The van der Waals surface area contributed by atoms with Gasteiger partial charge < -0.3 is 5.11 Å². The van der Waals surface area contributed by atoms with Gasteiger partial charge in [0.1, 0.15) is 0 Å². The quantitative estimate of drug-likeness (QED) is 0.556. The van der Waals surface area contributed by atoms with Crippen LogP contribution in [0.3, 0.4) is 0 Å². The average Bonchev–Trinajstić information content (AvgIpc) is 1.81. The van der Waals surface area contributed by atoms with Crippen molar-refractivity contribution in [2.45, 2.75) is 39.0 Å². The molecule has 1 aliphatic heterocycles. The van der Waals surface area contributed by atoms with Crippen LogP contribution in [0, 0.1) is 0 Å². The lowest BCUT2D eigenvalue weighted by Crippen LogP contribution is -2.60. The molecule has 9 heavy (non-hydrogen) atoms. The summed E-state index contributed by atoms with van der Waals surface area (Å²) in [5.41, 5.74) is 0. The highest BCUT2D eigenvalue weighted by atomic mass is 16.3. The van der Waals surface area contributed by atoms with E-state index in [-0.39, 0.29) is 6.10 Å². The molecule has 0 unspecified atom stereocenters. The molecular formula is C7H15NO. The van der Waals surface area contributed by atoms with E-state index in [1.54, 1.807) is 0 Å². The first kappa shape index (κ1) is 7.03. The number of aliphatic hydroxyl groups is 1. The molecule has 2 nitrogen and oxygen atoms in total. The molecule has 0 bridgehead atoms. The summed E-state index contributed by atoms with van der Waals surface area (Å²) in [6, 6.07) is 0.966. The Kier molecular flexibility index (Phi) is 1.78. The topological polar surface area (TPSA) is 23.5 Å². The minimum absolute atomic E-state index is 0.0765. The molecule has 0 radical (unpaired) electrons. The Morgan fingerprint density at radius 2 is 2.11 bits per heavy atom. The van der Waals surface area contributed by atoms with E-state index in [9.17, 15) is 0 Å². The van der Waals surface area contributed by atoms with Crippen LogP contribution in [-0.2, 0) is 0 Å². The second-order valence-electron chi connectivity index (χ2n) is 3.10. The van der Waals surface area contributed by atoms with Gasteiger partial charge in [0, 0.05) is 18.6 Å². The van der Waals surface area contributed by atoms with Crippen LogP contribution >= 0.6 is 0 Å². The molecule has 0 aliphatic carbocycles. The minimum Gasteiger partial charge on any atom is -0.390 e. The zero-order valence-corrected chi connectivity index (χ0v) is 6.33. The lowest BCUT2D eigenvalue weighted by molar-refractivity contribution is -0.0691. The van der Waals surface area contributed by atoms with E-state index in [2.05, 4.69) is 25.7 Å². The molecule has 1 heterocycles. The third-order valence-corrected chi connectivity index (χ3v) is 2.14. The van der Waals surface area contributed by atoms with Crippen LogP contribution in [0.25, 0.3) is 0 Å². The standard InChI is InChI=1S/C7H15NO/c1-5(2)8-4-7(9)6(8)3/h5-7,9H,4H2,1-3H3/t6-,7-/m0/s1. The van der Waals surface area contributed by atoms with Crippen molar-refractivity contribution in [3.63, 3.8) is 0 Å². The molecule has 1 aliphatic rings. The fourth-order valence-electron chi connectivity index (χ4n) is 1.30. The normalized spacial score (nSPS) is 37.0. The summed E-state index contributed by atoms with van der Waals surface area (Å²) in [7, 11) is 0. The SMILES string of the molecule is CC(C)N1C[C@H](O)[C@@H]1C. The van der Waals surface area contributed by atoms with Crippen molar-refractivity contribution in [2.24, 2.45) is 0 Å². The van der Waals surface area contributed by atoms with Crippen LogP contribution in [0.5, 0.6) is 0 Å². The molecule has 2 heteroatoms. The Hall–Kier alpha value is -0.0800. The zero-order valence-electron chi connectivity index (χ0n) is 6.33. The van der Waals surface area contributed by atoms with Crippen LogP contribution < -0.4 is 0 Å². The summed E-state index contributed by atoms with van der Waals surface area (Å²) in [5.74, 6) is 0. The van der Waals surface area contributed by atoms with Crippen molar-refractivity contribution in [3.05, 3.63) is 0 Å². The lowest BCUT2D eigenvalue weighted by Gasteiger charge is -2.46. The number of likely N-dealkylation sites (tertiary alicyclic amines) is 1. The van der Waals surface area contributed by atoms with Crippen molar-refractivity contribution in [1.82, 2.24) is 4.90 Å². The van der Waals surface area contributed by atoms with E-state index < -0.39 is 0 Å². The van der Waals surface area contributed by atoms with Gasteiger partial charge in [0.15, 0.2) is 0 Å². The molecule has 1 N–H and O–H groups in total. The van der Waals surface area contributed by atoms with E-state index in [0.717, 1.165) is 6.54 Å². The molecule has 0 saturated carbocycles. The van der Waals surface area contributed by atoms with Crippen LogP contribution in [0.15, 0.2) is 0 Å². The molecule has 1 saturated heterocycles. The van der Waals surface area contributed by atoms with Crippen molar-refractivity contribution in [2.75, 3.05) is 6.54 Å². The highest BCUT2D eigenvalue weighted by molar-refractivity contribution is 4.89. The predicted molar refractivity (Wildman–Crippen MR) is 37.3 cm³/mol. The molecule has 54 valence electrons. The van der Waals surface area contributed by atoms with Crippen molar-refractivity contribution in [1.29, 1.82) is 0 Å². The van der Waals surface area contributed by atoms with E-state index in [1.165, 1.54) is 0 Å². The molecule has 2 atom stereocenters. The summed E-state index contributed by atoms with van der Waals surface area (Å²) in [5, 5.41) is 9.09. The predicted octanol–water partition coefficient (Wildman–Crippen LogP) is 0.460. The number of aliphatic hydroxyl groups excluding tert-OH is 1. The van der Waals surface area contributed by atoms with Crippen LogP contribution in [0.1, 0.15) is 20.8 Å². The highest BCUT2D eigenvalue weighted by Gasteiger charge is 2.34. The molecule has 0 aromatic rings. The van der Waals surface area contributed by atoms with Gasteiger partial charge in [-0.1, -0.05) is 0 Å². The zero-order chi connectivity index (χ0) is 7.02. The summed E-state index contributed by atoms with van der Waals surface area (Å²) >= 11 is 0. The lowest BCUT2D eigenvalue weighted by atomic mass is 9.99. The third-order valence-electron chi connectivity index (χ3n) is 2.14. The van der Waals surface area contributed by atoms with Crippen molar-refractivity contribution in [3.8, 4) is 0 Å². The van der Waals surface area contributed by atoms with Gasteiger partial charge in [0.25, 0.3) is 0 Å². The molecule has 1 rings (SSSR count). The molecule has 0 amide bonds. The van der Waals surface area contributed by atoms with Gasteiger partial charge in [-0.15, -0.1) is 0 Å². The second-order valence-corrected chi connectivity index (χ2v) is 3.10. The number of hydrogen-bond donors (Lipinski definition) is 1. The number of nitrogens with zero attached hydrogens (tertiary/aromatic N) is 1. The first-order valence-electron chi connectivity index (χ1n) is 3.56. The number of β-amino-alcohol motifs (C(OH)–C–C–N with tert-alkyl or cyclic N) is 1. The molecule has 0 aromatic heterocycles. The fourth-order valence-corrected chi connectivity index (χ4v) is 1.30. The van der Waals surface area contributed by atoms with Gasteiger partial charge in [0.2, 0.25) is 0 Å². The van der Waals surface area contributed by atoms with E-state index in [4.69, 9.17) is 5.11 Å². The van der Waals surface area contributed by atoms with Crippen LogP contribution in [0.2, 0.25) is 0 Å². The second kappa shape index (κ2) is 2.27. The van der Waals surface area contributed by atoms with E-state index in [1.807, 2.05) is 0 Å². The van der Waals surface area contributed by atoms with E-state index in [0.29, 0.717) is 12.1 Å². The molecule has 0 spiro atoms.